The van der Waals surface area contributed by atoms with Crippen LogP contribution in [0.4, 0.5) is 0 Å². The molecule has 0 amide bonds. The quantitative estimate of drug-likeness (QED) is 0.0636. The topological polar surface area (TPSA) is 243 Å². The van der Waals surface area contributed by atoms with Crippen molar-refractivity contribution in [3.8, 4) is 114 Å². The van der Waals surface area contributed by atoms with Gasteiger partial charge in [-0.05, 0) is 91.0 Å². The van der Waals surface area contributed by atoms with Crippen molar-refractivity contribution in [3.63, 3.8) is 0 Å². The van der Waals surface area contributed by atoms with Gasteiger partial charge in [0.05, 0.1) is 0 Å². The SMILES string of the molecule is Oc1c2cc(c(O)c1O)C(c1ccc(-c3ccccc3)cc1)c1cc(c(O)c(O)c1O)C(c1ccc(-c3ccccc3)cc1)c1cc(c(O)c(O)c1O)C(c1ccc(-c3ccccc3)cc1)c1cc(c(O)c(O)c1O)C2c1ccc(-c2ccccc2)cc1. The van der Waals surface area contributed by atoms with E-state index in [0.29, 0.717) is 22.3 Å². The van der Waals surface area contributed by atoms with Crippen LogP contribution >= 0.6 is 0 Å². The van der Waals surface area contributed by atoms with Crippen molar-refractivity contribution >= 4 is 0 Å². The average molecular weight is 1160 g/mol. The summed E-state index contributed by atoms with van der Waals surface area (Å²) in [6.45, 7) is 0. The van der Waals surface area contributed by atoms with Crippen molar-refractivity contribution < 1.29 is 61.3 Å². The molecule has 88 heavy (non-hydrogen) atoms. The Balaban J connectivity index is 1.17. The van der Waals surface area contributed by atoms with Crippen molar-refractivity contribution in [1.29, 1.82) is 0 Å². The smallest absolute Gasteiger partial charge is 0.200 e. The van der Waals surface area contributed by atoms with Gasteiger partial charge in [0, 0.05) is 68.2 Å². The normalized spacial score (nSPS) is 15.4. The van der Waals surface area contributed by atoms with Crippen LogP contribution in [-0.2, 0) is 0 Å². The van der Waals surface area contributed by atoms with Crippen LogP contribution in [-0.4, -0.2) is 61.3 Å². The fraction of sp³-hybridized carbons (Fsp3) is 0.0526. The maximum absolute atomic E-state index is 12.5. The van der Waals surface area contributed by atoms with E-state index in [1.807, 2.05) is 121 Å². The van der Waals surface area contributed by atoms with Crippen LogP contribution in [0.3, 0.4) is 0 Å². The summed E-state index contributed by atoms with van der Waals surface area (Å²) in [4.78, 5) is 0. The summed E-state index contributed by atoms with van der Waals surface area (Å²) in [5.41, 5.74) is 6.52. The van der Waals surface area contributed by atoms with E-state index in [9.17, 15) is 61.3 Å². The molecule has 0 atom stereocenters. The van der Waals surface area contributed by atoms with Gasteiger partial charge in [-0.25, -0.2) is 0 Å². The van der Waals surface area contributed by atoms with Gasteiger partial charge in [0.1, 0.15) is 0 Å². The summed E-state index contributed by atoms with van der Waals surface area (Å²) in [6.07, 6.45) is 0. The first-order chi connectivity index (χ1) is 42.7. The molecule has 0 spiro atoms. The van der Waals surface area contributed by atoms with Crippen LogP contribution < -0.4 is 0 Å². The zero-order chi connectivity index (χ0) is 61.1. The molecule has 0 radical (unpaired) electrons. The molecule has 1 aliphatic carbocycles. The van der Waals surface area contributed by atoms with Gasteiger partial charge in [0.25, 0.3) is 0 Å². The third-order valence-electron chi connectivity index (χ3n) is 17.1. The third-order valence-corrected chi connectivity index (χ3v) is 17.1. The van der Waals surface area contributed by atoms with E-state index in [1.165, 1.54) is 24.3 Å². The van der Waals surface area contributed by atoms with Crippen LogP contribution in [0.5, 0.6) is 69.0 Å². The van der Waals surface area contributed by atoms with Crippen molar-refractivity contribution in [2.45, 2.75) is 23.7 Å². The minimum Gasteiger partial charge on any atom is -0.504 e. The highest BCUT2D eigenvalue weighted by Gasteiger charge is 2.39. The molecule has 0 fully saturated rings. The molecule has 0 aliphatic heterocycles. The Kier molecular flexibility index (Phi) is 14.1. The van der Waals surface area contributed by atoms with Crippen LogP contribution in [0.15, 0.2) is 243 Å². The first-order valence-corrected chi connectivity index (χ1v) is 28.4. The highest BCUT2D eigenvalue weighted by Crippen LogP contribution is 2.60. The van der Waals surface area contributed by atoms with Crippen molar-refractivity contribution in [1.82, 2.24) is 0 Å². The summed E-state index contributed by atoms with van der Waals surface area (Å²) < 4.78 is 0. The van der Waals surface area contributed by atoms with E-state index in [0.717, 1.165) is 44.5 Å². The molecule has 12 heteroatoms. The van der Waals surface area contributed by atoms with Crippen molar-refractivity contribution in [3.05, 3.63) is 309 Å². The van der Waals surface area contributed by atoms with E-state index in [1.54, 1.807) is 97.1 Å². The molecule has 432 valence electrons. The van der Waals surface area contributed by atoms with E-state index in [4.69, 9.17) is 0 Å². The van der Waals surface area contributed by atoms with Crippen LogP contribution in [0, 0.1) is 0 Å². The second-order valence-corrected chi connectivity index (χ2v) is 22.1. The Labute approximate surface area is 505 Å². The third kappa shape index (κ3) is 9.55. The minimum absolute atomic E-state index is 0.169. The van der Waals surface area contributed by atoms with Crippen molar-refractivity contribution in [2.24, 2.45) is 0 Å². The van der Waals surface area contributed by atoms with E-state index < -0.39 is 92.7 Å². The summed E-state index contributed by atoms with van der Waals surface area (Å²) in [7, 11) is 0. The van der Waals surface area contributed by atoms with E-state index in [-0.39, 0.29) is 44.5 Å². The first-order valence-electron chi connectivity index (χ1n) is 28.4. The molecule has 1 aliphatic rings. The van der Waals surface area contributed by atoms with Gasteiger partial charge < -0.3 is 61.3 Å². The minimum atomic E-state index is -1.44. The van der Waals surface area contributed by atoms with Gasteiger partial charge in [-0.3, -0.25) is 0 Å². The fourth-order valence-corrected chi connectivity index (χ4v) is 12.6. The lowest BCUT2D eigenvalue weighted by Gasteiger charge is -2.30. The van der Waals surface area contributed by atoms with Gasteiger partial charge in [0.15, 0.2) is 46.0 Å². The molecule has 12 N–H and O–H groups in total. The van der Waals surface area contributed by atoms with Crippen LogP contribution in [0.25, 0.3) is 44.5 Å². The highest BCUT2D eigenvalue weighted by molar-refractivity contribution is 5.77. The molecule has 0 unspecified atom stereocenters. The maximum Gasteiger partial charge on any atom is 0.200 e. The number of fused-ring (bicyclic) bond motifs is 8. The second kappa shape index (κ2) is 22.3. The van der Waals surface area contributed by atoms with E-state index >= 15 is 0 Å². The molecule has 12 aromatic rings. The van der Waals surface area contributed by atoms with Gasteiger partial charge in [0.2, 0.25) is 23.0 Å². The number of benzene rings is 12. The number of phenolic OH excluding ortho intramolecular Hbond substituents is 12. The Morgan fingerprint density at radius 3 is 0.432 bits per heavy atom. The van der Waals surface area contributed by atoms with Gasteiger partial charge in [-0.2, -0.15) is 0 Å². The lowest BCUT2D eigenvalue weighted by molar-refractivity contribution is 0.353. The van der Waals surface area contributed by atoms with Crippen LogP contribution in [0.2, 0.25) is 0 Å². The van der Waals surface area contributed by atoms with Crippen molar-refractivity contribution in [2.75, 3.05) is 0 Å². The Bertz CT molecular complexity index is 3890. The molecule has 13 rings (SSSR count). The predicted molar refractivity (Wildman–Crippen MR) is 337 cm³/mol. The zero-order valence-corrected chi connectivity index (χ0v) is 46.8. The molecule has 0 heterocycles. The largest absolute Gasteiger partial charge is 0.504 e. The number of rotatable bonds is 8. The molecule has 12 nitrogen and oxygen atoms in total. The van der Waals surface area contributed by atoms with Gasteiger partial charge in [-0.15, -0.1) is 0 Å². The summed E-state index contributed by atoms with van der Waals surface area (Å²) in [5.74, 6) is -16.7. The molecule has 0 aromatic heterocycles. The molecule has 12 aromatic carbocycles. The Morgan fingerprint density at radius 2 is 0.284 bits per heavy atom. The highest BCUT2D eigenvalue weighted by atomic mass is 16.3. The molecule has 0 saturated carbocycles. The lowest BCUT2D eigenvalue weighted by Crippen LogP contribution is -2.13. The van der Waals surface area contributed by atoms with Gasteiger partial charge >= 0.3 is 0 Å². The standard InChI is InChI=1S/C76H56O12/c77-65-53-37-55(67(79)73(65)85)62(50-31-23-46(24-32-50)42-15-7-2-8-16-42)57-39-59(71(83)75(87)69(57)81)64(52-35-27-48(28-36-52)44-19-11-4-12-20-44)60-40-58(70(82)76(88)72(60)84)63(51-33-25-47(26-34-51)43-17-9-3-10-18-43)56-38-54(66(78)74(86)68(56)80)61(53)49-29-21-45(22-30-49)41-13-5-1-6-14-41/h1-40,61-64,77-88H. The number of hydrogen-bond donors (Lipinski definition) is 12. The average Bonchev–Trinajstić information content (AvgIpc) is 1.87. The maximum atomic E-state index is 12.5. The molecular formula is C76H56O12. The number of phenols is 12. The zero-order valence-electron chi connectivity index (χ0n) is 46.8. The molecular weight excluding hydrogens is 1100 g/mol. The number of aromatic hydroxyl groups is 12. The molecule has 0 saturated heterocycles. The van der Waals surface area contributed by atoms with Crippen LogP contribution in [0.1, 0.15) is 90.4 Å². The fourth-order valence-electron chi connectivity index (χ4n) is 12.6. The summed E-state index contributed by atoms with van der Waals surface area (Å²) in [5, 5.41) is 149. The predicted octanol–water partition coefficient (Wildman–Crippen LogP) is 15.9. The summed E-state index contributed by atoms with van der Waals surface area (Å²) >= 11 is 0. The first kappa shape index (κ1) is 55.4. The summed E-state index contributed by atoms with van der Waals surface area (Å²) in [6, 6.07) is 71.6. The van der Waals surface area contributed by atoms with Gasteiger partial charge in [-0.1, -0.05) is 218 Å². The molecule has 8 bridgehead atoms. The monoisotopic (exact) mass is 1160 g/mol. The number of hydrogen-bond acceptors (Lipinski definition) is 12. The lowest BCUT2D eigenvalue weighted by atomic mass is 9.74. The van der Waals surface area contributed by atoms with E-state index in [2.05, 4.69) is 0 Å². The Hall–Kier alpha value is -11.8. The Morgan fingerprint density at radius 1 is 0.148 bits per heavy atom. The second-order valence-electron chi connectivity index (χ2n) is 22.1.